The third kappa shape index (κ3) is 5.80. The van der Waals surface area contributed by atoms with Gasteiger partial charge in [0.2, 0.25) is 11.9 Å². The highest BCUT2D eigenvalue weighted by atomic mass is 32.2. The van der Waals surface area contributed by atoms with Gasteiger partial charge in [0.05, 0.1) is 0 Å². The first kappa shape index (κ1) is 21.7. The van der Waals surface area contributed by atoms with E-state index in [-0.39, 0.29) is 0 Å². The molecule has 1 N–H and O–H groups in total. The van der Waals surface area contributed by atoms with Crippen LogP contribution in [-0.2, 0) is 11.2 Å². The van der Waals surface area contributed by atoms with Crippen LogP contribution in [0.25, 0.3) is 0 Å². The minimum Gasteiger partial charge on any atom is -0.341 e. The average molecular weight is 455 g/mol. The van der Waals surface area contributed by atoms with Crippen LogP contribution < -0.4 is 10.2 Å². The van der Waals surface area contributed by atoms with Crippen molar-refractivity contribution in [3.63, 3.8) is 0 Å². The second kappa shape index (κ2) is 9.74. The quantitative estimate of drug-likeness (QED) is 0.463. The van der Waals surface area contributed by atoms with Crippen LogP contribution in [0.2, 0.25) is 0 Å². The molecule has 1 saturated carbocycles. The monoisotopic (exact) mass is 454 g/mol. The van der Waals surface area contributed by atoms with Gasteiger partial charge in [0, 0.05) is 41.4 Å². The number of aryl methyl sites for hydroxylation is 1. The summed E-state index contributed by atoms with van der Waals surface area (Å²) in [5, 5.41) is 4.59. The molecule has 0 amide bonds. The van der Waals surface area contributed by atoms with E-state index in [2.05, 4.69) is 44.0 Å². The second-order valence-electron chi connectivity index (χ2n) is 7.48. The number of carbonyl (C=O) groups excluding carboxylic acids is 1. The van der Waals surface area contributed by atoms with Crippen LogP contribution in [0.3, 0.4) is 0 Å². The summed E-state index contributed by atoms with van der Waals surface area (Å²) in [4.78, 5) is 34.5. The van der Waals surface area contributed by atoms with Crippen molar-refractivity contribution in [3.05, 3.63) is 40.9 Å². The number of Topliss-reactive ketones (excluding diaryl/α,β-unsaturated/α-hetero) is 1. The van der Waals surface area contributed by atoms with Gasteiger partial charge in [-0.1, -0.05) is 12.1 Å². The zero-order valence-corrected chi connectivity index (χ0v) is 19.6. The van der Waals surface area contributed by atoms with Crippen molar-refractivity contribution in [2.75, 3.05) is 23.3 Å². The highest BCUT2D eigenvalue weighted by Crippen LogP contribution is 2.32. The van der Waals surface area contributed by atoms with Gasteiger partial charge in [-0.2, -0.15) is 15.0 Å². The number of hydrogen-bond acceptors (Lipinski definition) is 9. The molecule has 0 radical (unpaired) electrons. The van der Waals surface area contributed by atoms with Crippen LogP contribution in [0.1, 0.15) is 37.1 Å². The SMILES string of the molecule is CCN(CC)c1nc(Nc2ncc(C)s2)nc(Sc2ccc(CC(=O)C3CC3)cc2)n1. The van der Waals surface area contributed by atoms with Crippen molar-refractivity contribution in [1.29, 1.82) is 0 Å². The molecular weight excluding hydrogens is 428 g/mol. The van der Waals surface area contributed by atoms with Crippen molar-refractivity contribution in [3.8, 4) is 0 Å². The van der Waals surface area contributed by atoms with Crippen LogP contribution in [0.5, 0.6) is 0 Å². The number of hydrogen-bond donors (Lipinski definition) is 1. The largest absolute Gasteiger partial charge is 0.341 e. The third-order valence-corrected chi connectivity index (χ3v) is 6.73. The zero-order chi connectivity index (χ0) is 21.8. The molecule has 1 aliphatic carbocycles. The fourth-order valence-corrected chi connectivity index (χ4v) is 4.54. The van der Waals surface area contributed by atoms with E-state index in [1.54, 1.807) is 11.3 Å². The maximum Gasteiger partial charge on any atom is 0.234 e. The smallest absolute Gasteiger partial charge is 0.234 e. The molecule has 0 unspecified atom stereocenters. The Hall–Kier alpha value is -2.52. The Bertz CT molecular complexity index is 1040. The Labute approximate surface area is 190 Å². The predicted octanol–water partition coefficient (Wildman–Crippen LogP) is 4.90. The first-order valence-electron chi connectivity index (χ1n) is 10.5. The van der Waals surface area contributed by atoms with Crippen molar-refractivity contribution < 1.29 is 4.79 Å². The number of ketones is 1. The molecule has 9 heteroatoms. The maximum atomic E-state index is 12.0. The van der Waals surface area contributed by atoms with Gasteiger partial charge in [0.1, 0.15) is 5.78 Å². The van der Waals surface area contributed by atoms with E-state index in [0.717, 1.165) is 46.4 Å². The summed E-state index contributed by atoms with van der Waals surface area (Å²) >= 11 is 3.05. The second-order valence-corrected chi connectivity index (χ2v) is 9.75. The van der Waals surface area contributed by atoms with E-state index in [9.17, 15) is 4.79 Å². The first-order chi connectivity index (χ1) is 15.0. The lowest BCUT2D eigenvalue weighted by Gasteiger charge is -2.19. The number of aromatic nitrogens is 4. The van der Waals surface area contributed by atoms with Gasteiger partial charge < -0.3 is 4.90 Å². The molecule has 0 atom stereocenters. The van der Waals surface area contributed by atoms with E-state index < -0.39 is 0 Å². The Morgan fingerprint density at radius 1 is 1.16 bits per heavy atom. The number of rotatable bonds is 10. The van der Waals surface area contributed by atoms with Crippen LogP contribution in [0.4, 0.5) is 17.0 Å². The molecule has 3 aromatic rings. The molecule has 1 aromatic carbocycles. The van der Waals surface area contributed by atoms with E-state index in [4.69, 9.17) is 0 Å². The van der Waals surface area contributed by atoms with Gasteiger partial charge >= 0.3 is 0 Å². The first-order valence-corrected chi connectivity index (χ1v) is 12.2. The van der Waals surface area contributed by atoms with Crippen LogP contribution in [0.15, 0.2) is 40.5 Å². The van der Waals surface area contributed by atoms with Gasteiger partial charge in [-0.15, -0.1) is 11.3 Å². The van der Waals surface area contributed by atoms with Gasteiger partial charge in [-0.25, -0.2) is 4.98 Å². The molecule has 1 aliphatic rings. The molecule has 0 saturated heterocycles. The molecule has 1 fully saturated rings. The molecule has 31 heavy (non-hydrogen) atoms. The van der Waals surface area contributed by atoms with Crippen molar-refractivity contribution in [2.24, 2.45) is 5.92 Å². The zero-order valence-electron chi connectivity index (χ0n) is 18.0. The van der Waals surface area contributed by atoms with Gasteiger partial charge in [-0.3, -0.25) is 10.1 Å². The lowest BCUT2D eigenvalue weighted by atomic mass is 10.1. The molecule has 2 aromatic heterocycles. The van der Waals surface area contributed by atoms with Crippen LogP contribution in [-0.4, -0.2) is 38.8 Å². The minimum absolute atomic E-state index is 0.297. The summed E-state index contributed by atoms with van der Waals surface area (Å²) < 4.78 is 0. The molecule has 2 heterocycles. The van der Waals surface area contributed by atoms with Crippen molar-refractivity contribution in [1.82, 2.24) is 19.9 Å². The van der Waals surface area contributed by atoms with Crippen molar-refractivity contribution in [2.45, 2.75) is 50.1 Å². The normalized spacial score (nSPS) is 13.3. The summed E-state index contributed by atoms with van der Waals surface area (Å²) in [5.74, 6) is 1.78. The molecule has 7 nitrogen and oxygen atoms in total. The minimum atomic E-state index is 0.297. The van der Waals surface area contributed by atoms with Gasteiger partial charge in [-0.05, 0) is 63.1 Å². The Morgan fingerprint density at radius 2 is 1.90 bits per heavy atom. The maximum absolute atomic E-state index is 12.0. The van der Waals surface area contributed by atoms with Crippen molar-refractivity contribution >= 4 is 45.9 Å². The predicted molar refractivity (Wildman–Crippen MR) is 126 cm³/mol. The number of thiazole rings is 1. The Kier molecular flexibility index (Phi) is 6.82. The number of anilines is 3. The molecule has 0 bridgehead atoms. The van der Waals surface area contributed by atoms with E-state index >= 15 is 0 Å². The summed E-state index contributed by atoms with van der Waals surface area (Å²) in [6.07, 6.45) is 4.45. The molecule has 4 rings (SSSR count). The summed E-state index contributed by atoms with van der Waals surface area (Å²) in [6.45, 7) is 7.80. The van der Waals surface area contributed by atoms with Crippen LogP contribution >= 0.6 is 23.1 Å². The summed E-state index contributed by atoms with van der Waals surface area (Å²) in [6, 6.07) is 8.09. The highest BCUT2D eigenvalue weighted by molar-refractivity contribution is 7.99. The lowest BCUT2D eigenvalue weighted by Crippen LogP contribution is -2.25. The highest BCUT2D eigenvalue weighted by Gasteiger charge is 2.29. The van der Waals surface area contributed by atoms with Gasteiger partial charge in [0.15, 0.2) is 10.3 Å². The fraction of sp³-hybridized carbons (Fsp3) is 0.409. The number of benzene rings is 1. The number of nitrogens with one attached hydrogen (secondary N) is 1. The number of carbonyl (C=O) groups is 1. The topological polar surface area (TPSA) is 83.9 Å². The summed E-state index contributed by atoms with van der Waals surface area (Å²) in [5.41, 5.74) is 1.06. The van der Waals surface area contributed by atoms with Crippen LogP contribution in [0, 0.1) is 12.8 Å². The Balaban J connectivity index is 1.53. The van der Waals surface area contributed by atoms with E-state index in [1.165, 1.54) is 11.8 Å². The molecular formula is C22H26N6OS2. The van der Waals surface area contributed by atoms with E-state index in [1.807, 2.05) is 37.4 Å². The molecule has 162 valence electrons. The third-order valence-electron chi connectivity index (χ3n) is 5.03. The number of nitrogens with zero attached hydrogens (tertiary/aromatic N) is 5. The lowest BCUT2D eigenvalue weighted by molar-refractivity contribution is -0.119. The molecule has 0 spiro atoms. The average Bonchev–Trinajstić information content (AvgIpc) is 3.53. The summed E-state index contributed by atoms with van der Waals surface area (Å²) in [7, 11) is 0. The Morgan fingerprint density at radius 3 is 2.52 bits per heavy atom. The van der Waals surface area contributed by atoms with Gasteiger partial charge in [0.25, 0.3) is 0 Å². The van der Waals surface area contributed by atoms with E-state index in [0.29, 0.717) is 35.2 Å². The molecule has 0 aliphatic heterocycles. The standard InChI is InChI=1S/C22H26N6OS2/c1-4-28(5-2)20-24-19(25-21-23-13-14(3)30-21)26-22(27-20)31-17-10-6-15(7-11-17)12-18(29)16-8-9-16/h6-7,10-11,13,16H,4-5,8-9,12H2,1-3H3,(H,23,24,25,26,27). The fourth-order valence-electron chi connectivity index (χ4n) is 3.14.